The van der Waals surface area contributed by atoms with Crippen molar-refractivity contribution >= 4 is 12.1 Å². The number of carbonyl (C=O) groups is 1. The van der Waals surface area contributed by atoms with Gasteiger partial charge in [0.1, 0.15) is 0 Å². The molecule has 2 rings (SSSR count). The Morgan fingerprint density at radius 1 is 1.33 bits per heavy atom. The molecule has 1 unspecified atom stereocenters. The second-order valence-electron chi connectivity index (χ2n) is 7.64. The molecule has 0 aromatic heterocycles. The van der Waals surface area contributed by atoms with Crippen LogP contribution < -0.4 is 10.6 Å². The number of hydrogen-bond acceptors (Lipinski definition) is 3. The van der Waals surface area contributed by atoms with E-state index in [-0.39, 0.29) is 12.1 Å². The standard InChI is InChI=1S/C18H34N4O2/c1-5-24-17(23)21-15(11-14(2)3)12-20-16(19-4)22-10-9-18(13-22)7-6-8-18/h14-15H,5-13H2,1-4H3,(H,19,20)(H,21,23). The van der Waals surface area contributed by atoms with Gasteiger partial charge in [-0.25, -0.2) is 4.79 Å². The van der Waals surface area contributed by atoms with Crippen LogP contribution in [0.25, 0.3) is 0 Å². The van der Waals surface area contributed by atoms with E-state index >= 15 is 0 Å². The van der Waals surface area contributed by atoms with Crippen molar-refractivity contribution in [1.82, 2.24) is 15.5 Å². The highest BCUT2D eigenvalue weighted by Crippen LogP contribution is 2.47. The van der Waals surface area contributed by atoms with Crippen molar-refractivity contribution in [2.24, 2.45) is 16.3 Å². The fourth-order valence-electron chi connectivity index (χ4n) is 3.85. The zero-order chi connectivity index (χ0) is 17.6. The fourth-order valence-corrected chi connectivity index (χ4v) is 3.85. The molecule has 1 aliphatic carbocycles. The first-order chi connectivity index (χ1) is 11.5. The first kappa shape index (κ1) is 18.9. The van der Waals surface area contributed by atoms with E-state index < -0.39 is 0 Å². The first-order valence-corrected chi connectivity index (χ1v) is 9.37. The minimum atomic E-state index is -0.338. The van der Waals surface area contributed by atoms with Crippen molar-refractivity contribution in [3.8, 4) is 0 Å². The van der Waals surface area contributed by atoms with Crippen molar-refractivity contribution in [2.45, 2.75) is 58.9 Å². The van der Waals surface area contributed by atoms with Crippen LogP contribution in [-0.2, 0) is 4.74 Å². The zero-order valence-corrected chi connectivity index (χ0v) is 15.7. The summed E-state index contributed by atoms with van der Waals surface area (Å²) in [5.74, 6) is 1.46. The second kappa shape index (κ2) is 8.58. The zero-order valence-electron chi connectivity index (χ0n) is 15.7. The largest absolute Gasteiger partial charge is 0.450 e. The molecular weight excluding hydrogens is 304 g/mol. The van der Waals surface area contributed by atoms with Gasteiger partial charge in [-0.3, -0.25) is 4.99 Å². The lowest BCUT2D eigenvalue weighted by molar-refractivity contribution is 0.146. The van der Waals surface area contributed by atoms with E-state index in [9.17, 15) is 4.79 Å². The summed E-state index contributed by atoms with van der Waals surface area (Å²) < 4.78 is 5.02. The maximum atomic E-state index is 11.7. The number of amides is 1. The molecule has 0 aromatic carbocycles. The number of carbonyl (C=O) groups excluding carboxylic acids is 1. The van der Waals surface area contributed by atoms with Gasteiger partial charge < -0.3 is 20.3 Å². The Morgan fingerprint density at radius 3 is 2.58 bits per heavy atom. The fraction of sp³-hybridized carbons (Fsp3) is 0.889. The van der Waals surface area contributed by atoms with E-state index in [0.29, 0.717) is 24.5 Å². The van der Waals surface area contributed by atoms with Gasteiger partial charge in [-0.1, -0.05) is 20.3 Å². The maximum Gasteiger partial charge on any atom is 0.407 e. The average Bonchev–Trinajstić information content (AvgIpc) is 2.93. The van der Waals surface area contributed by atoms with Crippen molar-refractivity contribution in [3.05, 3.63) is 0 Å². The van der Waals surface area contributed by atoms with Crippen LogP contribution in [0, 0.1) is 11.3 Å². The third kappa shape index (κ3) is 5.02. The predicted octanol–water partition coefficient (Wildman–Crippen LogP) is 2.60. The summed E-state index contributed by atoms with van der Waals surface area (Å²) in [6.07, 6.45) is 5.95. The number of hydrogen-bond donors (Lipinski definition) is 2. The van der Waals surface area contributed by atoms with Crippen LogP contribution in [0.15, 0.2) is 4.99 Å². The molecule has 2 fully saturated rings. The highest BCUT2D eigenvalue weighted by Gasteiger charge is 2.43. The van der Waals surface area contributed by atoms with E-state index in [1.807, 2.05) is 14.0 Å². The molecule has 1 saturated carbocycles. The Labute approximate surface area is 146 Å². The Bertz CT molecular complexity index is 446. The highest BCUT2D eigenvalue weighted by atomic mass is 16.5. The van der Waals surface area contributed by atoms with Crippen molar-refractivity contribution in [1.29, 1.82) is 0 Å². The third-order valence-electron chi connectivity index (χ3n) is 5.22. The van der Waals surface area contributed by atoms with Crippen LogP contribution in [0.5, 0.6) is 0 Å². The number of likely N-dealkylation sites (tertiary alicyclic amines) is 1. The summed E-state index contributed by atoms with van der Waals surface area (Å²) in [4.78, 5) is 18.6. The molecule has 138 valence electrons. The smallest absolute Gasteiger partial charge is 0.407 e. The summed E-state index contributed by atoms with van der Waals surface area (Å²) in [6.45, 7) is 9.41. The van der Waals surface area contributed by atoms with Crippen LogP contribution in [0.2, 0.25) is 0 Å². The lowest BCUT2D eigenvalue weighted by atomic mass is 9.68. The number of nitrogens with one attached hydrogen (secondary N) is 2. The number of alkyl carbamates (subject to hydrolysis) is 1. The van der Waals surface area contributed by atoms with Gasteiger partial charge in [-0.05, 0) is 43.9 Å². The van der Waals surface area contributed by atoms with Gasteiger partial charge in [-0.15, -0.1) is 0 Å². The maximum absolute atomic E-state index is 11.7. The molecule has 0 aromatic rings. The molecule has 0 radical (unpaired) electrons. The number of nitrogens with zero attached hydrogens (tertiary/aromatic N) is 2. The van der Waals surface area contributed by atoms with Crippen molar-refractivity contribution < 1.29 is 9.53 Å². The molecule has 1 amide bonds. The number of rotatable bonds is 6. The Balaban J connectivity index is 1.85. The summed E-state index contributed by atoms with van der Waals surface area (Å²) >= 11 is 0. The summed E-state index contributed by atoms with van der Waals surface area (Å²) in [5.41, 5.74) is 0.554. The summed E-state index contributed by atoms with van der Waals surface area (Å²) in [7, 11) is 1.84. The molecule has 1 aliphatic heterocycles. The quantitative estimate of drug-likeness (QED) is 0.577. The SMILES string of the molecule is CCOC(=O)NC(CNC(=NC)N1CCC2(CCC2)C1)CC(C)C. The molecule has 1 saturated heterocycles. The third-order valence-corrected chi connectivity index (χ3v) is 5.22. The molecule has 24 heavy (non-hydrogen) atoms. The van der Waals surface area contributed by atoms with Gasteiger partial charge in [-0.2, -0.15) is 0 Å². The lowest BCUT2D eigenvalue weighted by Crippen LogP contribution is -2.49. The van der Waals surface area contributed by atoms with Crippen LogP contribution >= 0.6 is 0 Å². The van der Waals surface area contributed by atoms with Gasteiger partial charge >= 0.3 is 6.09 Å². The Morgan fingerprint density at radius 2 is 2.08 bits per heavy atom. The summed E-state index contributed by atoms with van der Waals surface area (Å²) in [6, 6.07) is 0.0427. The van der Waals surface area contributed by atoms with Crippen LogP contribution in [0.3, 0.4) is 0 Å². The molecule has 1 atom stereocenters. The van der Waals surface area contributed by atoms with Gasteiger partial charge in [0.2, 0.25) is 0 Å². The van der Waals surface area contributed by atoms with Crippen molar-refractivity contribution in [2.75, 3.05) is 33.3 Å². The Kier molecular flexibility index (Phi) is 6.75. The van der Waals surface area contributed by atoms with Crippen molar-refractivity contribution in [3.63, 3.8) is 0 Å². The van der Waals surface area contributed by atoms with Gasteiger partial charge in [0, 0.05) is 32.7 Å². The molecule has 2 aliphatic rings. The second-order valence-corrected chi connectivity index (χ2v) is 7.64. The van der Waals surface area contributed by atoms with Crippen LogP contribution in [-0.4, -0.2) is 56.3 Å². The average molecular weight is 338 g/mol. The number of guanidine groups is 1. The monoisotopic (exact) mass is 338 g/mol. The molecule has 6 heteroatoms. The molecule has 1 heterocycles. The molecule has 0 bridgehead atoms. The Hall–Kier alpha value is -1.46. The summed E-state index contributed by atoms with van der Waals surface area (Å²) in [5, 5.41) is 6.42. The highest BCUT2D eigenvalue weighted by molar-refractivity contribution is 5.80. The first-order valence-electron chi connectivity index (χ1n) is 9.37. The number of aliphatic imine (C=N–C) groups is 1. The van der Waals surface area contributed by atoms with Gasteiger partial charge in [0.15, 0.2) is 5.96 Å². The molecule has 2 N–H and O–H groups in total. The molecule has 6 nitrogen and oxygen atoms in total. The van der Waals surface area contributed by atoms with Crippen LogP contribution in [0.1, 0.15) is 52.9 Å². The van der Waals surface area contributed by atoms with E-state index in [1.54, 1.807) is 0 Å². The number of ether oxygens (including phenoxy) is 1. The normalized spacial score (nSPS) is 20.9. The minimum Gasteiger partial charge on any atom is -0.450 e. The lowest BCUT2D eigenvalue weighted by Gasteiger charge is -2.38. The van der Waals surface area contributed by atoms with E-state index in [4.69, 9.17) is 4.74 Å². The predicted molar refractivity (Wildman–Crippen MR) is 97.2 cm³/mol. The van der Waals surface area contributed by atoms with Gasteiger partial charge in [0.05, 0.1) is 6.61 Å². The van der Waals surface area contributed by atoms with Crippen LogP contribution in [0.4, 0.5) is 4.79 Å². The molecular formula is C18H34N4O2. The van der Waals surface area contributed by atoms with E-state index in [1.165, 1.54) is 25.7 Å². The topological polar surface area (TPSA) is 66.0 Å². The van der Waals surface area contributed by atoms with E-state index in [0.717, 1.165) is 25.5 Å². The van der Waals surface area contributed by atoms with Gasteiger partial charge in [0.25, 0.3) is 0 Å². The molecule has 1 spiro atoms. The van der Waals surface area contributed by atoms with E-state index in [2.05, 4.69) is 34.4 Å². The minimum absolute atomic E-state index is 0.0427.